The number of aromatic amines is 1. The van der Waals surface area contributed by atoms with Gasteiger partial charge < -0.3 is 4.74 Å². The van der Waals surface area contributed by atoms with Gasteiger partial charge in [0.1, 0.15) is 5.75 Å². The molecule has 11 heteroatoms. The van der Waals surface area contributed by atoms with E-state index in [1.165, 1.54) is 29.6 Å². The number of methoxy groups -OCH3 is 1. The van der Waals surface area contributed by atoms with Crippen molar-refractivity contribution >= 4 is 21.9 Å². The van der Waals surface area contributed by atoms with Crippen LogP contribution in [0.25, 0.3) is 0 Å². The molecular weight excluding hydrogens is 348 g/mol. The Morgan fingerprint density at radius 1 is 1.28 bits per heavy atom. The molecule has 1 fully saturated rings. The predicted molar refractivity (Wildman–Crippen MR) is 87.7 cm³/mol. The van der Waals surface area contributed by atoms with Crippen LogP contribution in [0, 0.1) is 0 Å². The normalized spacial score (nSPS) is 15.7. The van der Waals surface area contributed by atoms with Crippen molar-refractivity contribution in [2.24, 2.45) is 0 Å². The number of rotatable bonds is 5. The van der Waals surface area contributed by atoms with E-state index < -0.39 is 15.9 Å². The van der Waals surface area contributed by atoms with Crippen LogP contribution in [0.4, 0.5) is 5.95 Å². The lowest BCUT2D eigenvalue weighted by Crippen LogP contribution is -2.35. The maximum atomic E-state index is 12.8. The standard InChI is InChI=1S/C14H18N6O4S/c1-24-12-6-5-10(25(22,23)20-7-3-2-4-8-20)9-11(12)13(21)15-14-16-18-19-17-14/h5-6,9H,2-4,7-8H2,1H3,(H2,15,16,17,18,19,21). The maximum Gasteiger partial charge on any atom is 0.270 e. The number of hydrogen-bond acceptors (Lipinski definition) is 7. The van der Waals surface area contributed by atoms with Crippen molar-refractivity contribution < 1.29 is 17.9 Å². The van der Waals surface area contributed by atoms with Crippen LogP contribution in [0.2, 0.25) is 0 Å². The van der Waals surface area contributed by atoms with Crippen molar-refractivity contribution in [3.8, 4) is 5.75 Å². The molecule has 1 aliphatic rings. The topological polar surface area (TPSA) is 130 Å². The average molecular weight is 366 g/mol. The number of nitrogens with zero attached hydrogens (tertiary/aromatic N) is 4. The lowest BCUT2D eigenvalue weighted by atomic mass is 10.2. The molecule has 0 spiro atoms. The van der Waals surface area contributed by atoms with E-state index in [4.69, 9.17) is 4.74 Å². The molecule has 1 amide bonds. The molecule has 134 valence electrons. The van der Waals surface area contributed by atoms with Gasteiger partial charge in [0.15, 0.2) is 0 Å². The molecule has 2 N–H and O–H groups in total. The zero-order valence-corrected chi connectivity index (χ0v) is 14.4. The Bertz CT molecular complexity index is 846. The van der Waals surface area contributed by atoms with Gasteiger partial charge in [0.25, 0.3) is 11.9 Å². The van der Waals surface area contributed by atoms with Gasteiger partial charge in [-0.05, 0) is 36.3 Å². The quantitative estimate of drug-likeness (QED) is 0.794. The Kier molecular flexibility index (Phi) is 4.95. The minimum absolute atomic E-state index is 0.0173. The molecule has 10 nitrogen and oxygen atoms in total. The number of hydrogen-bond donors (Lipinski definition) is 2. The number of H-pyrrole nitrogens is 1. The van der Waals surface area contributed by atoms with Gasteiger partial charge in [0.2, 0.25) is 10.0 Å². The molecule has 0 atom stereocenters. The van der Waals surface area contributed by atoms with Crippen LogP contribution in [-0.2, 0) is 10.0 Å². The van der Waals surface area contributed by atoms with E-state index in [-0.39, 0.29) is 22.2 Å². The number of benzene rings is 1. The van der Waals surface area contributed by atoms with Crippen molar-refractivity contribution in [1.29, 1.82) is 0 Å². The van der Waals surface area contributed by atoms with E-state index in [9.17, 15) is 13.2 Å². The first-order valence-corrected chi connectivity index (χ1v) is 9.19. The molecule has 1 aromatic carbocycles. The summed E-state index contributed by atoms with van der Waals surface area (Å²) in [6.07, 6.45) is 2.69. The van der Waals surface area contributed by atoms with E-state index in [1.54, 1.807) is 0 Å². The fraction of sp³-hybridized carbons (Fsp3) is 0.429. The molecule has 0 bridgehead atoms. The average Bonchev–Trinajstić information content (AvgIpc) is 3.14. The predicted octanol–water partition coefficient (Wildman–Crippen LogP) is 0.635. The van der Waals surface area contributed by atoms with Crippen molar-refractivity contribution in [2.45, 2.75) is 24.2 Å². The third-order valence-electron chi connectivity index (χ3n) is 3.94. The van der Waals surface area contributed by atoms with Gasteiger partial charge in [-0.3, -0.25) is 10.1 Å². The number of piperidine rings is 1. The molecule has 0 saturated carbocycles. The number of amides is 1. The van der Waals surface area contributed by atoms with Crippen molar-refractivity contribution in [3.63, 3.8) is 0 Å². The van der Waals surface area contributed by atoms with Gasteiger partial charge in [0, 0.05) is 13.1 Å². The van der Waals surface area contributed by atoms with Crippen molar-refractivity contribution in [1.82, 2.24) is 24.9 Å². The summed E-state index contributed by atoms with van der Waals surface area (Å²) in [6, 6.07) is 4.20. The lowest BCUT2D eigenvalue weighted by molar-refractivity contribution is 0.102. The number of sulfonamides is 1. The van der Waals surface area contributed by atoms with Crippen LogP contribution in [-0.4, -0.2) is 59.5 Å². The smallest absolute Gasteiger partial charge is 0.270 e. The number of carbonyl (C=O) groups excluding carboxylic acids is 1. The number of tetrazole rings is 1. The maximum absolute atomic E-state index is 12.8. The molecule has 0 radical (unpaired) electrons. The van der Waals surface area contributed by atoms with Crippen molar-refractivity contribution in [3.05, 3.63) is 23.8 Å². The molecule has 25 heavy (non-hydrogen) atoms. The van der Waals surface area contributed by atoms with Crippen LogP contribution < -0.4 is 10.1 Å². The van der Waals surface area contributed by atoms with Crippen LogP contribution in [0.1, 0.15) is 29.6 Å². The Hall–Kier alpha value is -2.53. The van der Waals surface area contributed by atoms with Crippen LogP contribution in [0.5, 0.6) is 5.75 Å². The Labute approximate surface area is 144 Å². The van der Waals surface area contributed by atoms with Gasteiger partial charge in [0.05, 0.1) is 17.6 Å². The van der Waals surface area contributed by atoms with E-state index in [0.29, 0.717) is 13.1 Å². The minimum atomic E-state index is -3.66. The summed E-state index contributed by atoms with van der Waals surface area (Å²) < 4.78 is 32.2. The summed E-state index contributed by atoms with van der Waals surface area (Å²) in [5.74, 6) is -0.358. The number of aromatic nitrogens is 4. The first-order valence-electron chi connectivity index (χ1n) is 7.75. The van der Waals surface area contributed by atoms with E-state index in [0.717, 1.165) is 19.3 Å². The molecule has 0 unspecified atom stereocenters. The second-order valence-corrected chi connectivity index (χ2v) is 7.45. The summed E-state index contributed by atoms with van der Waals surface area (Å²) in [5, 5.41) is 15.3. The fourth-order valence-corrected chi connectivity index (χ4v) is 4.21. The fourth-order valence-electron chi connectivity index (χ4n) is 2.66. The molecule has 2 aromatic rings. The molecule has 2 heterocycles. The van der Waals surface area contributed by atoms with Crippen LogP contribution in [0.3, 0.4) is 0 Å². The van der Waals surface area contributed by atoms with Crippen molar-refractivity contribution in [2.75, 3.05) is 25.5 Å². The summed E-state index contributed by atoms with van der Waals surface area (Å²) in [7, 11) is -2.25. The molecule has 1 saturated heterocycles. The zero-order chi connectivity index (χ0) is 17.9. The molecular formula is C14H18N6O4S. The van der Waals surface area contributed by atoms with Gasteiger partial charge in [-0.2, -0.15) is 9.52 Å². The molecule has 0 aliphatic carbocycles. The molecule has 1 aliphatic heterocycles. The number of carbonyl (C=O) groups is 1. The summed E-state index contributed by atoms with van der Waals surface area (Å²) >= 11 is 0. The van der Waals surface area contributed by atoms with Gasteiger partial charge in [-0.1, -0.05) is 11.5 Å². The van der Waals surface area contributed by atoms with Gasteiger partial charge in [-0.25, -0.2) is 8.42 Å². The van der Waals surface area contributed by atoms with Crippen LogP contribution in [0.15, 0.2) is 23.1 Å². The highest BCUT2D eigenvalue weighted by Gasteiger charge is 2.27. The number of nitrogens with one attached hydrogen (secondary N) is 2. The summed E-state index contributed by atoms with van der Waals surface area (Å²) in [5.41, 5.74) is 0.0744. The number of anilines is 1. The second-order valence-electron chi connectivity index (χ2n) is 5.52. The third-order valence-corrected chi connectivity index (χ3v) is 5.83. The van der Waals surface area contributed by atoms with E-state index in [1.807, 2.05) is 0 Å². The van der Waals surface area contributed by atoms with E-state index in [2.05, 4.69) is 25.9 Å². The lowest BCUT2D eigenvalue weighted by Gasteiger charge is -2.26. The summed E-state index contributed by atoms with van der Waals surface area (Å²) in [6.45, 7) is 0.970. The van der Waals surface area contributed by atoms with Gasteiger partial charge in [-0.15, -0.1) is 5.10 Å². The highest BCUT2D eigenvalue weighted by atomic mass is 32.2. The molecule has 1 aromatic heterocycles. The SMILES string of the molecule is COc1ccc(S(=O)(=O)N2CCCCC2)cc1C(=O)Nc1nn[nH]n1. The first-order chi connectivity index (χ1) is 12.0. The zero-order valence-electron chi connectivity index (χ0n) is 13.6. The third kappa shape index (κ3) is 3.61. The van der Waals surface area contributed by atoms with Crippen LogP contribution >= 0.6 is 0 Å². The Morgan fingerprint density at radius 3 is 2.68 bits per heavy atom. The number of ether oxygens (including phenoxy) is 1. The van der Waals surface area contributed by atoms with Gasteiger partial charge >= 0.3 is 0 Å². The Balaban J connectivity index is 1.92. The Morgan fingerprint density at radius 2 is 2.04 bits per heavy atom. The highest BCUT2D eigenvalue weighted by Crippen LogP contribution is 2.26. The summed E-state index contributed by atoms with van der Waals surface area (Å²) in [4.78, 5) is 12.5. The second kappa shape index (κ2) is 7.15. The van der Waals surface area contributed by atoms with E-state index >= 15 is 0 Å². The molecule has 3 rings (SSSR count). The monoisotopic (exact) mass is 366 g/mol. The minimum Gasteiger partial charge on any atom is -0.496 e. The highest BCUT2D eigenvalue weighted by molar-refractivity contribution is 7.89. The largest absolute Gasteiger partial charge is 0.496 e. The first kappa shape index (κ1) is 17.3.